The number of nitrogens with one attached hydrogen (secondary N) is 3. The summed E-state index contributed by atoms with van der Waals surface area (Å²) in [5.41, 5.74) is 2.54. The molecule has 24 heavy (non-hydrogen) atoms. The summed E-state index contributed by atoms with van der Waals surface area (Å²) in [6.45, 7) is 1.72. The molecule has 0 saturated carbocycles. The van der Waals surface area contributed by atoms with Crippen molar-refractivity contribution in [3.8, 4) is 0 Å². The SMILES string of the molecule is CC1=C(C(=O)Nc2ccccc2)[C@@H](c2ccccc2Br)NC(=O)N1. The van der Waals surface area contributed by atoms with Gasteiger partial charge in [0.1, 0.15) is 0 Å². The number of carbonyl (C=O) groups is 2. The summed E-state index contributed by atoms with van der Waals surface area (Å²) in [5.74, 6) is -0.257. The van der Waals surface area contributed by atoms with Crippen LogP contribution in [0.3, 0.4) is 0 Å². The molecule has 2 aromatic carbocycles. The molecular formula is C18H16BrN3O2. The third kappa shape index (κ3) is 3.33. The number of hydrogen-bond donors (Lipinski definition) is 3. The van der Waals surface area contributed by atoms with Gasteiger partial charge in [-0.15, -0.1) is 0 Å². The van der Waals surface area contributed by atoms with E-state index in [0.29, 0.717) is 17.0 Å². The number of hydrogen-bond acceptors (Lipinski definition) is 2. The fraction of sp³-hybridized carbons (Fsp3) is 0.111. The number of benzene rings is 2. The molecule has 0 fully saturated rings. The third-order valence-corrected chi connectivity index (χ3v) is 4.48. The summed E-state index contributed by atoms with van der Waals surface area (Å²) < 4.78 is 0.829. The van der Waals surface area contributed by atoms with Crippen molar-refractivity contribution in [2.24, 2.45) is 0 Å². The van der Waals surface area contributed by atoms with Crippen LogP contribution in [0.1, 0.15) is 18.5 Å². The van der Waals surface area contributed by atoms with Crippen LogP contribution in [0.4, 0.5) is 10.5 Å². The van der Waals surface area contributed by atoms with E-state index < -0.39 is 6.04 Å². The van der Waals surface area contributed by atoms with Gasteiger partial charge in [0, 0.05) is 15.9 Å². The van der Waals surface area contributed by atoms with Crippen molar-refractivity contribution in [1.29, 1.82) is 0 Å². The van der Waals surface area contributed by atoms with Gasteiger partial charge in [-0.2, -0.15) is 0 Å². The van der Waals surface area contributed by atoms with Crippen molar-refractivity contribution < 1.29 is 9.59 Å². The van der Waals surface area contributed by atoms with Crippen LogP contribution >= 0.6 is 15.9 Å². The maximum atomic E-state index is 12.8. The van der Waals surface area contributed by atoms with Gasteiger partial charge in [0.25, 0.3) is 5.91 Å². The Morgan fingerprint density at radius 3 is 2.46 bits per heavy atom. The largest absolute Gasteiger partial charge is 0.327 e. The molecule has 1 atom stereocenters. The van der Waals surface area contributed by atoms with Crippen molar-refractivity contribution >= 4 is 33.6 Å². The van der Waals surface area contributed by atoms with Gasteiger partial charge in [-0.1, -0.05) is 52.3 Å². The molecule has 3 rings (SSSR count). The van der Waals surface area contributed by atoms with E-state index in [1.165, 1.54) is 0 Å². The second-order valence-corrected chi connectivity index (χ2v) is 6.27. The predicted molar refractivity (Wildman–Crippen MR) is 96.3 cm³/mol. The topological polar surface area (TPSA) is 70.2 Å². The highest BCUT2D eigenvalue weighted by atomic mass is 79.9. The minimum atomic E-state index is -0.530. The van der Waals surface area contributed by atoms with Gasteiger partial charge < -0.3 is 16.0 Å². The molecule has 1 heterocycles. The maximum Gasteiger partial charge on any atom is 0.319 e. The Balaban J connectivity index is 1.98. The highest BCUT2D eigenvalue weighted by Gasteiger charge is 2.32. The molecule has 0 spiro atoms. The molecule has 6 heteroatoms. The lowest BCUT2D eigenvalue weighted by molar-refractivity contribution is -0.113. The number of allylic oxidation sites excluding steroid dienone is 1. The molecule has 2 aromatic rings. The molecule has 3 N–H and O–H groups in total. The lowest BCUT2D eigenvalue weighted by atomic mass is 9.95. The standard InChI is InChI=1S/C18H16BrN3O2/c1-11-15(17(23)21-12-7-3-2-4-8-12)16(22-18(24)20-11)13-9-5-6-10-14(13)19/h2-10,16H,1H3,(H,21,23)(H2,20,22,24)/t16-/m1/s1. The summed E-state index contributed by atoms with van der Waals surface area (Å²) in [4.78, 5) is 24.7. The molecule has 0 unspecified atom stereocenters. The van der Waals surface area contributed by atoms with Crippen LogP contribution in [0.15, 0.2) is 70.3 Å². The molecule has 0 aromatic heterocycles. The first-order valence-electron chi connectivity index (χ1n) is 7.45. The van der Waals surface area contributed by atoms with E-state index >= 15 is 0 Å². The van der Waals surface area contributed by atoms with Gasteiger partial charge in [-0.3, -0.25) is 4.79 Å². The number of anilines is 1. The van der Waals surface area contributed by atoms with Crippen LogP contribution in [0.25, 0.3) is 0 Å². The highest BCUT2D eigenvalue weighted by molar-refractivity contribution is 9.10. The van der Waals surface area contributed by atoms with E-state index in [-0.39, 0.29) is 11.9 Å². The van der Waals surface area contributed by atoms with E-state index in [1.807, 2.05) is 54.6 Å². The minimum Gasteiger partial charge on any atom is -0.327 e. The first-order chi connectivity index (χ1) is 11.6. The van der Waals surface area contributed by atoms with E-state index in [9.17, 15) is 9.59 Å². The first-order valence-corrected chi connectivity index (χ1v) is 8.24. The van der Waals surface area contributed by atoms with Crippen LogP contribution in [0.5, 0.6) is 0 Å². The fourth-order valence-electron chi connectivity index (χ4n) is 2.66. The predicted octanol–water partition coefficient (Wildman–Crippen LogP) is 3.72. The highest BCUT2D eigenvalue weighted by Crippen LogP contribution is 2.32. The Morgan fingerprint density at radius 2 is 1.75 bits per heavy atom. The normalized spacial score (nSPS) is 17.1. The Hall–Kier alpha value is -2.60. The van der Waals surface area contributed by atoms with Gasteiger partial charge in [-0.25, -0.2) is 4.79 Å². The van der Waals surface area contributed by atoms with E-state index in [2.05, 4.69) is 31.9 Å². The van der Waals surface area contributed by atoms with Gasteiger partial charge in [0.05, 0.1) is 11.6 Å². The Kier molecular flexibility index (Phi) is 4.66. The average molecular weight is 386 g/mol. The number of amides is 3. The maximum absolute atomic E-state index is 12.8. The Bertz CT molecular complexity index is 818. The van der Waals surface area contributed by atoms with Crippen LogP contribution in [-0.2, 0) is 4.79 Å². The van der Waals surface area contributed by atoms with Gasteiger partial charge in [-0.05, 0) is 30.7 Å². The fourth-order valence-corrected chi connectivity index (χ4v) is 3.17. The lowest BCUT2D eigenvalue weighted by Gasteiger charge is -2.29. The minimum absolute atomic E-state index is 0.257. The lowest BCUT2D eigenvalue weighted by Crippen LogP contribution is -2.46. The molecular weight excluding hydrogens is 370 g/mol. The van der Waals surface area contributed by atoms with E-state index in [0.717, 1.165) is 10.0 Å². The first kappa shape index (κ1) is 16.3. The molecule has 3 amide bonds. The Morgan fingerprint density at radius 1 is 1.08 bits per heavy atom. The summed E-state index contributed by atoms with van der Waals surface area (Å²) in [6.07, 6.45) is 0. The molecule has 0 aliphatic carbocycles. The molecule has 122 valence electrons. The molecule has 1 aliphatic heterocycles. The average Bonchev–Trinajstić information content (AvgIpc) is 2.55. The molecule has 1 aliphatic rings. The van der Waals surface area contributed by atoms with Crippen LogP contribution < -0.4 is 16.0 Å². The van der Waals surface area contributed by atoms with Crippen molar-refractivity contribution in [2.45, 2.75) is 13.0 Å². The summed E-state index contributed by atoms with van der Waals surface area (Å²) >= 11 is 3.49. The summed E-state index contributed by atoms with van der Waals surface area (Å²) in [6, 6.07) is 15.9. The number of urea groups is 1. The van der Waals surface area contributed by atoms with Crippen LogP contribution in [0.2, 0.25) is 0 Å². The second-order valence-electron chi connectivity index (χ2n) is 5.41. The third-order valence-electron chi connectivity index (χ3n) is 3.76. The van der Waals surface area contributed by atoms with Crippen LogP contribution in [-0.4, -0.2) is 11.9 Å². The van der Waals surface area contributed by atoms with Gasteiger partial charge in [0.15, 0.2) is 0 Å². The van der Waals surface area contributed by atoms with Crippen LogP contribution in [0, 0.1) is 0 Å². The second kappa shape index (κ2) is 6.88. The van der Waals surface area contributed by atoms with E-state index in [1.54, 1.807) is 6.92 Å². The summed E-state index contributed by atoms with van der Waals surface area (Å²) in [7, 11) is 0. The van der Waals surface area contributed by atoms with Crippen molar-refractivity contribution in [3.63, 3.8) is 0 Å². The number of carbonyl (C=O) groups excluding carboxylic acids is 2. The van der Waals surface area contributed by atoms with Gasteiger partial charge in [0.2, 0.25) is 0 Å². The smallest absolute Gasteiger partial charge is 0.319 e. The van der Waals surface area contributed by atoms with E-state index in [4.69, 9.17) is 0 Å². The van der Waals surface area contributed by atoms with Crippen molar-refractivity contribution in [2.75, 3.05) is 5.32 Å². The zero-order valence-corrected chi connectivity index (χ0v) is 14.6. The zero-order valence-electron chi connectivity index (χ0n) is 13.0. The molecule has 0 radical (unpaired) electrons. The molecule has 0 saturated heterocycles. The zero-order chi connectivity index (χ0) is 17.1. The molecule has 0 bridgehead atoms. The van der Waals surface area contributed by atoms with Crippen molar-refractivity contribution in [1.82, 2.24) is 10.6 Å². The monoisotopic (exact) mass is 385 g/mol. The number of para-hydroxylation sites is 1. The number of halogens is 1. The summed E-state index contributed by atoms with van der Waals surface area (Å²) in [5, 5.41) is 8.36. The van der Waals surface area contributed by atoms with Gasteiger partial charge >= 0.3 is 6.03 Å². The molecule has 5 nitrogen and oxygen atoms in total. The van der Waals surface area contributed by atoms with Crippen molar-refractivity contribution in [3.05, 3.63) is 75.9 Å². The Labute approximate surface area is 148 Å². The quantitative estimate of drug-likeness (QED) is 0.753. The number of rotatable bonds is 3.